The van der Waals surface area contributed by atoms with Crippen LogP contribution in [0, 0.1) is 5.92 Å². The summed E-state index contributed by atoms with van der Waals surface area (Å²) in [5.74, 6) is 1.69. The zero-order valence-electron chi connectivity index (χ0n) is 10.4. The highest BCUT2D eigenvalue weighted by Crippen LogP contribution is 2.29. The van der Waals surface area contributed by atoms with Crippen molar-refractivity contribution >= 4 is 0 Å². The summed E-state index contributed by atoms with van der Waals surface area (Å²) in [5.41, 5.74) is 0.101. The zero-order chi connectivity index (χ0) is 11.8. The van der Waals surface area contributed by atoms with E-state index < -0.39 is 0 Å². The maximum absolute atomic E-state index is 12.2. The van der Waals surface area contributed by atoms with Crippen LogP contribution in [0.25, 0.3) is 0 Å². The van der Waals surface area contributed by atoms with Crippen LogP contribution in [0.1, 0.15) is 31.5 Å². The average molecular weight is 236 g/mol. The molecule has 5 nitrogen and oxygen atoms in total. The van der Waals surface area contributed by atoms with Crippen LogP contribution in [0.3, 0.4) is 0 Å². The van der Waals surface area contributed by atoms with Gasteiger partial charge in [0.05, 0.1) is 0 Å². The molecule has 0 radical (unpaired) electrons. The van der Waals surface area contributed by atoms with Gasteiger partial charge in [-0.2, -0.15) is 5.10 Å². The van der Waals surface area contributed by atoms with Crippen LogP contribution in [-0.4, -0.2) is 27.4 Å². The minimum Gasteiger partial charge on any atom is -0.317 e. The Balaban J connectivity index is 1.82. The van der Waals surface area contributed by atoms with E-state index in [0.29, 0.717) is 12.0 Å². The van der Waals surface area contributed by atoms with Gasteiger partial charge in [-0.3, -0.25) is 4.57 Å². The van der Waals surface area contributed by atoms with Gasteiger partial charge in [-0.15, -0.1) is 0 Å². The van der Waals surface area contributed by atoms with Gasteiger partial charge in [0.2, 0.25) is 0 Å². The lowest BCUT2D eigenvalue weighted by Crippen LogP contribution is -2.29. The molecule has 1 aliphatic carbocycles. The molecule has 1 atom stereocenters. The Morgan fingerprint density at radius 2 is 2.18 bits per heavy atom. The third kappa shape index (κ3) is 2.16. The summed E-state index contributed by atoms with van der Waals surface area (Å²) in [7, 11) is 1.99. The lowest BCUT2D eigenvalue weighted by molar-refractivity contribution is 0.466. The van der Waals surface area contributed by atoms with Crippen molar-refractivity contribution in [2.75, 3.05) is 7.05 Å². The molecule has 1 saturated carbocycles. The Morgan fingerprint density at radius 1 is 1.35 bits per heavy atom. The molecule has 0 amide bonds. The Bertz CT molecular complexity index is 458. The predicted octanol–water partition coefficient (Wildman–Crippen LogP) is 0.379. The average Bonchev–Trinajstić information content (AvgIpc) is 3.11. The summed E-state index contributed by atoms with van der Waals surface area (Å²) in [4.78, 5) is 12.2. The zero-order valence-corrected chi connectivity index (χ0v) is 10.4. The topological polar surface area (TPSA) is 51.9 Å². The van der Waals surface area contributed by atoms with Crippen LogP contribution in [-0.2, 0) is 19.5 Å². The lowest BCUT2D eigenvalue weighted by Gasteiger charge is -2.11. The van der Waals surface area contributed by atoms with E-state index in [4.69, 9.17) is 0 Å². The molecule has 0 spiro atoms. The van der Waals surface area contributed by atoms with E-state index in [1.54, 1.807) is 4.68 Å². The van der Waals surface area contributed by atoms with Gasteiger partial charge in [0, 0.05) is 25.6 Å². The molecule has 1 aromatic heterocycles. The maximum atomic E-state index is 12.2. The lowest BCUT2D eigenvalue weighted by atomic mass is 10.1. The molecule has 1 N–H and O–H groups in total. The van der Waals surface area contributed by atoms with Crippen LogP contribution >= 0.6 is 0 Å². The van der Waals surface area contributed by atoms with Crippen molar-refractivity contribution in [2.24, 2.45) is 5.92 Å². The van der Waals surface area contributed by atoms with Crippen molar-refractivity contribution in [3.05, 3.63) is 16.3 Å². The Hall–Kier alpha value is -1.10. The SMILES string of the molecule is CN[C@H]1CCc2nn(CC3CC3)c(=O)n2CC1. The number of rotatable bonds is 3. The van der Waals surface area contributed by atoms with Crippen molar-refractivity contribution in [1.82, 2.24) is 19.7 Å². The first-order valence-corrected chi connectivity index (χ1v) is 6.61. The Kier molecular flexibility index (Phi) is 2.78. The van der Waals surface area contributed by atoms with Crippen LogP contribution in [0.15, 0.2) is 4.79 Å². The number of aromatic nitrogens is 3. The molecule has 0 saturated heterocycles. The molecule has 1 aliphatic heterocycles. The monoisotopic (exact) mass is 236 g/mol. The number of nitrogens with one attached hydrogen (secondary N) is 1. The second kappa shape index (κ2) is 4.29. The normalized spacial score (nSPS) is 24.4. The van der Waals surface area contributed by atoms with E-state index in [9.17, 15) is 4.79 Å². The molecule has 2 aliphatic rings. The van der Waals surface area contributed by atoms with Crippen molar-refractivity contribution < 1.29 is 0 Å². The van der Waals surface area contributed by atoms with Crippen molar-refractivity contribution in [2.45, 2.75) is 51.2 Å². The molecule has 0 unspecified atom stereocenters. The smallest absolute Gasteiger partial charge is 0.317 e. The predicted molar refractivity (Wildman–Crippen MR) is 65.0 cm³/mol. The van der Waals surface area contributed by atoms with Gasteiger partial charge in [0.25, 0.3) is 0 Å². The molecule has 1 aromatic rings. The van der Waals surface area contributed by atoms with E-state index >= 15 is 0 Å². The fourth-order valence-electron chi connectivity index (χ4n) is 2.58. The van der Waals surface area contributed by atoms with Gasteiger partial charge in [0.15, 0.2) is 0 Å². The second-order valence-corrected chi connectivity index (χ2v) is 5.29. The standard InChI is InChI=1S/C12H20N4O/c1-13-10-4-5-11-14-16(8-9-2-3-9)12(17)15(11)7-6-10/h9-10,13H,2-8H2,1H3/t10-/m0/s1. The van der Waals surface area contributed by atoms with Gasteiger partial charge in [-0.05, 0) is 38.6 Å². The van der Waals surface area contributed by atoms with E-state index in [1.807, 2.05) is 11.6 Å². The molecular formula is C12H20N4O. The molecule has 0 bridgehead atoms. The van der Waals surface area contributed by atoms with E-state index in [2.05, 4.69) is 10.4 Å². The first kappa shape index (κ1) is 11.0. The largest absolute Gasteiger partial charge is 0.345 e. The van der Waals surface area contributed by atoms with Crippen molar-refractivity contribution in [1.29, 1.82) is 0 Å². The van der Waals surface area contributed by atoms with Crippen LogP contribution in [0.4, 0.5) is 0 Å². The van der Waals surface area contributed by atoms with Crippen molar-refractivity contribution in [3.8, 4) is 0 Å². The van der Waals surface area contributed by atoms with Crippen LogP contribution in [0.2, 0.25) is 0 Å². The number of aryl methyl sites for hydroxylation is 1. The number of nitrogens with zero attached hydrogens (tertiary/aromatic N) is 3. The van der Waals surface area contributed by atoms with Crippen molar-refractivity contribution in [3.63, 3.8) is 0 Å². The second-order valence-electron chi connectivity index (χ2n) is 5.29. The Morgan fingerprint density at radius 3 is 2.88 bits per heavy atom. The van der Waals surface area contributed by atoms with Crippen LogP contribution < -0.4 is 11.0 Å². The summed E-state index contributed by atoms with van der Waals surface area (Å²) >= 11 is 0. The van der Waals surface area contributed by atoms with Gasteiger partial charge in [-0.25, -0.2) is 9.48 Å². The summed E-state index contributed by atoms with van der Waals surface area (Å²) in [6, 6.07) is 0.521. The van der Waals surface area contributed by atoms with Gasteiger partial charge < -0.3 is 5.32 Å². The fraction of sp³-hybridized carbons (Fsp3) is 0.833. The van der Waals surface area contributed by atoms with E-state index in [0.717, 1.165) is 38.2 Å². The molecule has 2 heterocycles. The molecule has 0 aromatic carbocycles. The minimum absolute atomic E-state index is 0.101. The van der Waals surface area contributed by atoms with E-state index in [1.165, 1.54) is 12.8 Å². The fourth-order valence-corrected chi connectivity index (χ4v) is 2.58. The minimum atomic E-state index is 0.101. The van der Waals surface area contributed by atoms with Crippen LogP contribution in [0.5, 0.6) is 0 Å². The summed E-state index contributed by atoms with van der Waals surface area (Å²) in [6.07, 6.45) is 5.54. The van der Waals surface area contributed by atoms with Gasteiger partial charge >= 0.3 is 5.69 Å². The molecule has 17 heavy (non-hydrogen) atoms. The molecule has 5 heteroatoms. The summed E-state index contributed by atoms with van der Waals surface area (Å²) in [6.45, 7) is 1.64. The first-order chi connectivity index (χ1) is 8.28. The highest BCUT2D eigenvalue weighted by Gasteiger charge is 2.25. The molecule has 1 fully saturated rings. The summed E-state index contributed by atoms with van der Waals surface area (Å²) in [5, 5.41) is 7.79. The third-order valence-electron chi connectivity index (χ3n) is 3.95. The Labute approximate surface area is 101 Å². The quantitative estimate of drug-likeness (QED) is 0.825. The number of fused-ring (bicyclic) bond motifs is 1. The first-order valence-electron chi connectivity index (χ1n) is 6.61. The molecule has 94 valence electrons. The highest BCUT2D eigenvalue weighted by atomic mass is 16.2. The third-order valence-corrected chi connectivity index (χ3v) is 3.95. The van der Waals surface area contributed by atoms with E-state index in [-0.39, 0.29) is 5.69 Å². The van der Waals surface area contributed by atoms with Gasteiger partial charge in [0.1, 0.15) is 5.82 Å². The maximum Gasteiger partial charge on any atom is 0.345 e. The highest BCUT2D eigenvalue weighted by molar-refractivity contribution is 4.93. The number of hydrogen-bond donors (Lipinski definition) is 1. The molecular weight excluding hydrogens is 216 g/mol. The van der Waals surface area contributed by atoms with Gasteiger partial charge in [-0.1, -0.05) is 0 Å². The summed E-state index contributed by atoms with van der Waals surface area (Å²) < 4.78 is 3.56. The number of hydrogen-bond acceptors (Lipinski definition) is 3. The molecule has 3 rings (SSSR count).